The van der Waals surface area contributed by atoms with Crippen LogP contribution in [0.1, 0.15) is 27.0 Å². The zero-order chi connectivity index (χ0) is 17.1. The maximum Gasteiger partial charge on any atom is 0.193 e. The van der Waals surface area contributed by atoms with Gasteiger partial charge in [0.05, 0.1) is 7.11 Å². The number of rotatable bonds is 4. The largest absolute Gasteiger partial charge is 0.507 e. The van der Waals surface area contributed by atoms with Crippen LogP contribution in [0.15, 0.2) is 30.3 Å². The Kier molecular flexibility index (Phi) is 4.69. The molecule has 0 aliphatic rings. The molecule has 0 aromatic heterocycles. The second-order valence-electron chi connectivity index (χ2n) is 5.11. The molecule has 0 saturated carbocycles. The zero-order valence-electron chi connectivity index (χ0n) is 13.1. The molecule has 0 aliphatic heterocycles. The molecule has 2 aromatic rings. The molecule has 0 atom stereocenters. The number of halogens is 1. The van der Waals surface area contributed by atoms with Crippen LogP contribution in [0.4, 0.5) is 4.39 Å². The summed E-state index contributed by atoms with van der Waals surface area (Å²) in [6, 6.07) is 5.78. The quantitative estimate of drug-likeness (QED) is 0.666. The minimum absolute atomic E-state index is 0.0343. The summed E-state index contributed by atoms with van der Waals surface area (Å²) >= 11 is 0. The zero-order valence-corrected chi connectivity index (χ0v) is 13.1. The minimum Gasteiger partial charge on any atom is -0.507 e. The van der Waals surface area contributed by atoms with Crippen molar-refractivity contribution in [3.63, 3.8) is 0 Å². The summed E-state index contributed by atoms with van der Waals surface area (Å²) < 4.78 is 18.3. The van der Waals surface area contributed by atoms with Crippen LogP contribution in [0, 0.1) is 19.7 Å². The van der Waals surface area contributed by atoms with E-state index >= 15 is 0 Å². The topological polar surface area (TPSA) is 66.8 Å². The fraction of sp³-hybridized carbons (Fsp3) is 0.167. The fourth-order valence-corrected chi connectivity index (χ4v) is 2.33. The van der Waals surface area contributed by atoms with Crippen LogP contribution in [0.2, 0.25) is 0 Å². The van der Waals surface area contributed by atoms with Crippen LogP contribution < -0.4 is 4.74 Å². The Morgan fingerprint density at radius 2 is 1.87 bits per heavy atom. The number of phenolic OH excluding ortho intramolecular Hbond substituents is 2. The smallest absolute Gasteiger partial charge is 0.193 e. The van der Waals surface area contributed by atoms with Gasteiger partial charge < -0.3 is 14.9 Å². The number of methoxy groups -OCH3 is 1. The maximum absolute atomic E-state index is 13.1. The Hall–Kier alpha value is -2.82. The van der Waals surface area contributed by atoms with Gasteiger partial charge in [-0.3, -0.25) is 4.79 Å². The van der Waals surface area contributed by atoms with Gasteiger partial charge in [0, 0.05) is 11.1 Å². The van der Waals surface area contributed by atoms with E-state index < -0.39 is 11.6 Å². The van der Waals surface area contributed by atoms with Gasteiger partial charge in [-0.2, -0.15) is 0 Å². The number of benzene rings is 2. The molecule has 0 heterocycles. The highest BCUT2D eigenvalue weighted by molar-refractivity contribution is 6.11. The van der Waals surface area contributed by atoms with Crippen molar-refractivity contribution in [3.05, 3.63) is 58.4 Å². The normalized spacial score (nSPS) is 11.0. The van der Waals surface area contributed by atoms with Crippen molar-refractivity contribution in [2.75, 3.05) is 7.11 Å². The van der Waals surface area contributed by atoms with E-state index in [0.717, 1.165) is 0 Å². The van der Waals surface area contributed by atoms with E-state index in [-0.39, 0.29) is 28.4 Å². The van der Waals surface area contributed by atoms with E-state index in [1.807, 2.05) is 0 Å². The van der Waals surface area contributed by atoms with E-state index in [4.69, 9.17) is 4.74 Å². The number of aromatic hydroxyl groups is 2. The van der Waals surface area contributed by atoms with E-state index in [1.165, 1.54) is 44.4 Å². The van der Waals surface area contributed by atoms with Gasteiger partial charge in [-0.25, -0.2) is 4.39 Å². The molecule has 2 aromatic carbocycles. The first-order chi connectivity index (χ1) is 10.9. The minimum atomic E-state index is -0.505. The molecule has 0 saturated heterocycles. The number of allylic oxidation sites excluding steroid dienone is 1. The van der Waals surface area contributed by atoms with Crippen LogP contribution in [-0.4, -0.2) is 23.1 Å². The van der Waals surface area contributed by atoms with E-state index in [1.54, 1.807) is 13.0 Å². The van der Waals surface area contributed by atoms with Crippen LogP contribution in [0.25, 0.3) is 6.08 Å². The van der Waals surface area contributed by atoms with Crippen LogP contribution in [-0.2, 0) is 0 Å². The Morgan fingerprint density at radius 3 is 2.48 bits per heavy atom. The number of hydrogen-bond acceptors (Lipinski definition) is 4. The van der Waals surface area contributed by atoms with Crippen molar-refractivity contribution in [2.24, 2.45) is 0 Å². The molecular formula is C18H17FO4. The number of carbonyl (C=O) groups excluding carboxylic acids is 1. The van der Waals surface area contributed by atoms with E-state index in [9.17, 15) is 19.4 Å². The maximum atomic E-state index is 13.1. The Balaban J connectivity index is 2.47. The van der Waals surface area contributed by atoms with E-state index in [2.05, 4.69) is 0 Å². The lowest BCUT2D eigenvalue weighted by Gasteiger charge is -2.15. The van der Waals surface area contributed by atoms with Gasteiger partial charge in [0.15, 0.2) is 5.78 Å². The third kappa shape index (κ3) is 3.18. The number of hydrogen-bond donors (Lipinski definition) is 2. The third-order valence-electron chi connectivity index (χ3n) is 3.60. The lowest BCUT2D eigenvalue weighted by atomic mass is 9.98. The molecular weight excluding hydrogens is 299 g/mol. The van der Waals surface area contributed by atoms with Gasteiger partial charge in [0.25, 0.3) is 0 Å². The van der Waals surface area contributed by atoms with Gasteiger partial charge in [-0.15, -0.1) is 0 Å². The van der Waals surface area contributed by atoms with Gasteiger partial charge in [0.1, 0.15) is 28.6 Å². The van der Waals surface area contributed by atoms with Gasteiger partial charge in [-0.05, 0) is 37.6 Å². The molecule has 120 valence electrons. The molecule has 0 unspecified atom stereocenters. The summed E-state index contributed by atoms with van der Waals surface area (Å²) in [6.07, 6.45) is 2.67. The summed E-state index contributed by atoms with van der Waals surface area (Å²) in [5.74, 6) is -1.26. The molecule has 5 heteroatoms. The molecule has 0 bridgehead atoms. The molecule has 0 amide bonds. The Morgan fingerprint density at radius 1 is 1.17 bits per heavy atom. The summed E-state index contributed by atoms with van der Waals surface area (Å²) in [5.41, 5.74) is 1.05. The van der Waals surface area contributed by atoms with Crippen molar-refractivity contribution in [1.29, 1.82) is 0 Å². The lowest BCUT2D eigenvalue weighted by molar-refractivity contribution is 0.104. The summed E-state index contributed by atoms with van der Waals surface area (Å²) in [6.45, 7) is 3.10. The molecule has 2 N–H and O–H groups in total. The number of ketones is 1. The van der Waals surface area contributed by atoms with Crippen LogP contribution in [0.5, 0.6) is 17.2 Å². The molecule has 0 aliphatic carbocycles. The average molecular weight is 316 g/mol. The van der Waals surface area contributed by atoms with Crippen molar-refractivity contribution in [1.82, 2.24) is 0 Å². The molecule has 0 spiro atoms. The fourth-order valence-electron chi connectivity index (χ4n) is 2.33. The number of ether oxygens (including phenoxy) is 1. The standard InChI is InChI=1S/C18H17FO4/c1-10-16(21)11(2)18(23-3)15(17(10)22)14(20)8-7-12-5-4-6-13(19)9-12/h4-9,21-22H,1-3H3/b8-7+. The summed E-state index contributed by atoms with van der Waals surface area (Å²) in [4.78, 5) is 12.4. The summed E-state index contributed by atoms with van der Waals surface area (Å²) in [7, 11) is 1.35. The van der Waals surface area contributed by atoms with Gasteiger partial charge >= 0.3 is 0 Å². The second-order valence-corrected chi connectivity index (χ2v) is 5.11. The predicted molar refractivity (Wildman–Crippen MR) is 85.6 cm³/mol. The first-order valence-corrected chi connectivity index (χ1v) is 6.93. The highest BCUT2D eigenvalue weighted by Gasteiger charge is 2.23. The van der Waals surface area contributed by atoms with Crippen molar-refractivity contribution in [2.45, 2.75) is 13.8 Å². The lowest BCUT2D eigenvalue weighted by Crippen LogP contribution is -2.03. The monoisotopic (exact) mass is 316 g/mol. The molecule has 0 fully saturated rings. The summed E-state index contributed by atoms with van der Waals surface area (Å²) in [5, 5.41) is 20.1. The molecule has 23 heavy (non-hydrogen) atoms. The number of phenols is 2. The molecule has 2 rings (SSSR count). The predicted octanol–water partition coefficient (Wildman–Crippen LogP) is 3.76. The molecule has 0 radical (unpaired) electrons. The molecule has 4 nitrogen and oxygen atoms in total. The number of carbonyl (C=O) groups is 1. The Labute approximate surface area is 133 Å². The van der Waals surface area contributed by atoms with Gasteiger partial charge in [0.2, 0.25) is 0 Å². The highest BCUT2D eigenvalue weighted by Crippen LogP contribution is 2.41. The van der Waals surface area contributed by atoms with Crippen LogP contribution >= 0.6 is 0 Å². The van der Waals surface area contributed by atoms with Crippen molar-refractivity contribution >= 4 is 11.9 Å². The van der Waals surface area contributed by atoms with Crippen molar-refractivity contribution < 1.29 is 24.1 Å². The van der Waals surface area contributed by atoms with E-state index in [0.29, 0.717) is 11.1 Å². The Bertz CT molecular complexity index is 794. The van der Waals surface area contributed by atoms with Crippen LogP contribution in [0.3, 0.4) is 0 Å². The third-order valence-corrected chi connectivity index (χ3v) is 3.60. The first kappa shape index (κ1) is 16.5. The van der Waals surface area contributed by atoms with Crippen molar-refractivity contribution in [3.8, 4) is 17.2 Å². The second kappa shape index (κ2) is 6.52. The first-order valence-electron chi connectivity index (χ1n) is 6.93. The van der Waals surface area contributed by atoms with Gasteiger partial charge in [-0.1, -0.05) is 18.2 Å². The SMILES string of the molecule is COc1c(C)c(O)c(C)c(O)c1C(=O)/C=C/c1cccc(F)c1. The highest BCUT2D eigenvalue weighted by atomic mass is 19.1. The average Bonchev–Trinajstić information content (AvgIpc) is 2.53.